The molecule has 13 heavy (non-hydrogen) atoms. The molecule has 0 aliphatic rings. The van der Waals surface area contributed by atoms with Crippen LogP contribution in [-0.4, -0.2) is 19.0 Å². The van der Waals surface area contributed by atoms with Gasteiger partial charge in [-0.3, -0.25) is 0 Å². The summed E-state index contributed by atoms with van der Waals surface area (Å²) in [7, 11) is 0. The molecule has 0 atom stereocenters. The van der Waals surface area contributed by atoms with Crippen molar-refractivity contribution in [3.8, 4) is 11.8 Å². The molecular formula is C9H12F2O2. The predicted molar refractivity (Wildman–Crippen MR) is 44.2 cm³/mol. The lowest BCUT2D eigenvalue weighted by atomic mass is 9.95. The van der Waals surface area contributed by atoms with Gasteiger partial charge < -0.3 is 4.74 Å². The first-order valence-electron chi connectivity index (χ1n) is 3.88. The standard InChI is InChI=1S/C9H12F2O2/c1-4-13-7(12)5-6-9(2,3)8(10)11/h8H,4H2,1-3H3. The molecule has 0 aromatic carbocycles. The minimum Gasteiger partial charge on any atom is -0.456 e. The molecular weight excluding hydrogens is 178 g/mol. The lowest BCUT2D eigenvalue weighted by molar-refractivity contribution is -0.136. The number of halogens is 2. The van der Waals surface area contributed by atoms with Crippen LogP contribution in [0, 0.1) is 17.3 Å². The van der Waals surface area contributed by atoms with Gasteiger partial charge in [-0.1, -0.05) is 5.92 Å². The largest absolute Gasteiger partial charge is 0.456 e. The average molecular weight is 190 g/mol. The number of carbonyl (C=O) groups excluding carboxylic acids is 1. The number of ether oxygens (including phenoxy) is 1. The summed E-state index contributed by atoms with van der Waals surface area (Å²) in [6.07, 6.45) is -2.57. The van der Waals surface area contributed by atoms with E-state index in [0.29, 0.717) is 0 Å². The topological polar surface area (TPSA) is 26.3 Å². The smallest absolute Gasteiger partial charge is 0.384 e. The van der Waals surface area contributed by atoms with Gasteiger partial charge >= 0.3 is 5.97 Å². The molecule has 74 valence electrons. The maximum absolute atomic E-state index is 12.2. The van der Waals surface area contributed by atoms with Gasteiger partial charge in [0.1, 0.15) is 0 Å². The van der Waals surface area contributed by atoms with E-state index in [1.165, 1.54) is 13.8 Å². The molecule has 0 saturated carbocycles. The number of rotatable bonds is 2. The highest BCUT2D eigenvalue weighted by molar-refractivity contribution is 5.88. The van der Waals surface area contributed by atoms with E-state index in [1.807, 2.05) is 5.92 Å². The van der Waals surface area contributed by atoms with Crippen molar-refractivity contribution in [3.05, 3.63) is 0 Å². The summed E-state index contributed by atoms with van der Waals surface area (Å²) in [4.78, 5) is 10.7. The van der Waals surface area contributed by atoms with E-state index < -0.39 is 17.8 Å². The van der Waals surface area contributed by atoms with Crippen molar-refractivity contribution in [2.75, 3.05) is 6.61 Å². The number of alkyl halides is 2. The Hall–Kier alpha value is -1.11. The minimum atomic E-state index is -2.57. The third-order valence-electron chi connectivity index (χ3n) is 1.31. The van der Waals surface area contributed by atoms with Gasteiger partial charge in [0.15, 0.2) is 0 Å². The van der Waals surface area contributed by atoms with Crippen molar-refractivity contribution in [1.29, 1.82) is 0 Å². The second-order valence-corrected chi connectivity index (χ2v) is 2.99. The molecule has 4 heteroatoms. The van der Waals surface area contributed by atoms with Gasteiger partial charge in [-0.2, -0.15) is 0 Å². The fourth-order valence-corrected chi connectivity index (χ4v) is 0.434. The highest BCUT2D eigenvalue weighted by Crippen LogP contribution is 2.22. The van der Waals surface area contributed by atoms with Crippen LogP contribution in [0.15, 0.2) is 0 Å². The van der Waals surface area contributed by atoms with Gasteiger partial charge in [0.05, 0.1) is 12.0 Å². The molecule has 0 unspecified atom stereocenters. The molecule has 0 saturated heterocycles. The van der Waals surface area contributed by atoms with E-state index in [1.54, 1.807) is 6.92 Å². The highest BCUT2D eigenvalue weighted by atomic mass is 19.3. The van der Waals surface area contributed by atoms with Crippen molar-refractivity contribution in [1.82, 2.24) is 0 Å². The molecule has 0 aromatic heterocycles. The van der Waals surface area contributed by atoms with Gasteiger partial charge in [0.25, 0.3) is 6.43 Å². The van der Waals surface area contributed by atoms with Crippen LogP contribution in [-0.2, 0) is 9.53 Å². The molecule has 0 bridgehead atoms. The second-order valence-electron chi connectivity index (χ2n) is 2.99. The van der Waals surface area contributed by atoms with Crippen LogP contribution in [0.5, 0.6) is 0 Å². The zero-order chi connectivity index (χ0) is 10.5. The second kappa shape index (κ2) is 4.80. The minimum absolute atomic E-state index is 0.197. The quantitative estimate of drug-likeness (QED) is 0.377. The van der Waals surface area contributed by atoms with Crippen LogP contribution in [0.1, 0.15) is 20.8 Å². The summed E-state index contributed by atoms with van der Waals surface area (Å²) >= 11 is 0. The van der Waals surface area contributed by atoms with E-state index in [9.17, 15) is 13.6 Å². The van der Waals surface area contributed by atoms with Crippen molar-refractivity contribution in [2.24, 2.45) is 5.41 Å². The lowest BCUT2D eigenvalue weighted by Gasteiger charge is -2.14. The maximum Gasteiger partial charge on any atom is 0.384 e. The van der Waals surface area contributed by atoms with Crippen LogP contribution in [0.25, 0.3) is 0 Å². The Morgan fingerprint density at radius 2 is 2.08 bits per heavy atom. The maximum atomic E-state index is 12.2. The molecule has 0 heterocycles. The molecule has 0 aliphatic heterocycles. The van der Waals surface area contributed by atoms with Crippen LogP contribution in [0.2, 0.25) is 0 Å². The number of hydrogen-bond acceptors (Lipinski definition) is 2. The molecule has 0 fully saturated rings. The number of carbonyl (C=O) groups is 1. The van der Waals surface area contributed by atoms with Crippen LogP contribution in [0.4, 0.5) is 8.78 Å². The Bertz CT molecular complexity index is 236. The summed E-state index contributed by atoms with van der Waals surface area (Å²) < 4.78 is 28.8. The monoisotopic (exact) mass is 190 g/mol. The Balaban J connectivity index is 4.31. The zero-order valence-corrected chi connectivity index (χ0v) is 7.86. The number of esters is 1. The van der Waals surface area contributed by atoms with Crippen molar-refractivity contribution in [3.63, 3.8) is 0 Å². The Morgan fingerprint density at radius 3 is 2.46 bits per heavy atom. The van der Waals surface area contributed by atoms with Crippen LogP contribution >= 0.6 is 0 Å². The van der Waals surface area contributed by atoms with Gasteiger partial charge in [0, 0.05) is 5.92 Å². The van der Waals surface area contributed by atoms with E-state index >= 15 is 0 Å². The summed E-state index contributed by atoms with van der Waals surface area (Å²) in [6, 6.07) is 0. The zero-order valence-electron chi connectivity index (χ0n) is 7.86. The normalized spacial score (nSPS) is 10.6. The highest BCUT2D eigenvalue weighted by Gasteiger charge is 2.27. The van der Waals surface area contributed by atoms with E-state index in [-0.39, 0.29) is 6.61 Å². The van der Waals surface area contributed by atoms with Gasteiger partial charge in [-0.05, 0) is 20.8 Å². The van der Waals surface area contributed by atoms with Gasteiger partial charge in [0.2, 0.25) is 0 Å². The summed E-state index contributed by atoms with van der Waals surface area (Å²) in [6.45, 7) is 4.36. The molecule has 0 aliphatic carbocycles. The molecule has 2 nitrogen and oxygen atoms in total. The SMILES string of the molecule is CCOC(=O)C#CC(C)(C)C(F)F. The third-order valence-corrected chi connectivity index (χ3v) is 1.31. The first-order chi connectivity index (χ1) is 5.90. The molecule has 0 rings (SSSR count). The molecule has 0 N–H and O–H groups in total. The third kappa shape index (κ3) is 4.46. The Morgan fingerprint density at radius 1 is 1.54 bits per heavy atom. The average Bonchev–Trinajstić information content (AvgIpc) is 2.01. The first kappa shape index (κ1) is 11.9. The first-order valence-corrected chi connectivity index (χ1v) is 3.88. The predicted octanol–water partition coefficient (Wildman–Crippen LogP) is 1.84. The summed E-state index contributed by atoms with van der Waals surface area (Å²) in [5, 5.41) is 0. The Labute approximate surface area is 76.3 Å². The van der Waals surface area contributed by atoms with Gasteiger partial charge in [-0.15, -0.1) is 0 Å². The van der Waals surface area contributed by atoms with E-state index in [2.05, 4.69) is 10.7 Å². The summed E-state index contributed by atoms with van der Waals surface area (Å²) in [5.41, 5.74) is -1.47. The molecule has 0 aromatic rings. The van der Waals surface area contributed by atoms with Crippen molar-refractivity contribution < 1.29 is 18.3 Å². The van der Waals surface area contributed by atoms with E-state index in [4.69, 9.17) is 0 Å². The summed E-state index contributed by atoms with van der Waals surface area (Å²) in [5.74, 6) is 3.42. The fourth-order valence-electron chi connectivity index (χ4n) is 0.434. The number of hydrogen-bond donors (Lipinski definition) is 0. The van der Waals surface area contributed by atoms with Crippen molar-refractivity contribution in [2.45, 2.75) is 27.2 Å². The molecule has 0 radical (unpaired) electrons. The lowest BCUT2D eigenvalue weighted by Crippen LogP contribution is -2.19. The Kier molecular flexibility index (Phi) is 4.39. The van der Waals surface area contributed by atoms with Crippen LogP contribution < -0.4 is 0 Å². The fraction of sp³-hybridized carbons (Fsp3) is 0.667. The van der Waals surface area contributed by atoms with Gasteiger partial charge in [-0.25, -0.2) is 13.6 Å². The van der Waals surface area contributed by atoms with Crippen LogP contribution in [0.3, 0.4) is 0 Å². The van der Waals surface area contributed by atoms with Crippen molar-refractivity contribution >= 4 is 5.97 Å². The molecule has 0 spiro atoms. The molecule has 0 amide bonds. The van der Waals surface area contributed by atoms with E-state index in [0.717, 1.165) is 0 Å².